The molecule has 0 amide bonds. The summed E-state index contributed by atoms with van der Waals surface area (Å²) < 4.78 is 9.49. The lowest BCUT2D eigenvalue weighted by Crippen LogP contribution is -2.20. The summed E-state index contributed by atoms with van der Waals surface area (Å²) in [6.45, 7) is 1.75. The lowest BCUT2D eigenvalue weighted by molar-refractivity contribution is -0.148. The van der Waals surface area contributed by atoms with Crippen LogP contribution in [0.5, 0.6) is 0 Å². The Hall–Kier alpha value is -1.26. The largest absolute Gasteiger partial charge is 0.460 e. The highest BCUT2D eigenvalue weighted by Gasteiger charge is 2.06. The SMILES string of the molecule is COCC(C)OC(=O)CN=[N+]=[N-]. The lowest BCUT2D eigenvalue weighted by atomic mass is 10.4. The van der Waals surface area contributed by atoms with Crippen molar-refractivity contribution in [1.82, 2.24) is 0 Å². The van der Waals surface area contributed by atoms with Gasteiger partial charge in [0.25, 0.3) is 0 Å². The number of hydrogen-bond acceptors (Lipinski definition) is 4. The third-order valence-corrected chi connectivity index (χ3v) is 0.997. The van der Waals surface area contributed by atoms with Crippen LogP contribution in [0.3, 0.4) is 0 Å². The van der Waals surface area contributed by atoms with E-state index in [9.17, 15) is 4.79 Å². The van der Waals surface area contributed by atoms with E-state index in [0.29, 0.717) is 6.61 Å². The van der Waals surface area contributed by atoms with Crippen LogP contribution in [-0.2, 0) is 14.3 Å². The van der Waals surface area contributed by atoms with Gasteiger partial charge in [-0.25, -0.2) is 0 Å². The average Bonchev–Trinajstić information content (AvgIpc) is 2.01. The Morgan fingerprint density at radius 3 is 2.92 bits per heavy atom. The molecule has 1 atom stereocenters. The molecule has 12 heavy (non-hydrogen) atoms. The van der Waals surface area contributed by atoms with Crippen molar-refractivity contribution in [2.45, 2.75) is 13.0 Å². The standard InChI is InChI=1S/C6H11N3O3/c1-5(4-11-2)12-6(10)3-8-9-7/h5H,3-4H2,1-2H3. The highest BCUT2D eigenvalue weighted by molar-refractivity contribution is 5.71. The van der Waals surface area contributed by atoms with Crippen molar-refractivity contribution in [3.05, 3.63) is 10.4 Å². The summed E-state index contributed by atoms with van der Waals surface area (Å²) in [5.74, 6) is -0.544. The molecule has 0 aliphatic carbocycles. The minimum Gasteiger partial charge on any atom is -0.460 e. The molecule has 68 valence electrons. The zero-order valence-corrected chi connectivity index (χ0v) is 7.06. The van der Waals surface area contributed by atoms with E-state index in [1.807, 2.05) is 0 Å². The molecule has 0 heterocycles. The predicted octanol–water partition coefficient (Wildman–Crippen LogP) is 0.875. The first-order chi connectivity index (χ1) is 5.70. The number of carbonyl (C=O) groups excluding carboxylic acids is 1. The van der Waals surface area contributed by atoms with Gasteiger partial charge in [-0.05, 0) is 12.5 Å². The van der Waals surface area contributed by atoms with Crippen LogP contribution in [0, 0.1) is 0 Å². The molecule has 0 aromatic rings. The van der Waals surface area contributed by atoms with Crippen molar-refractivity contribution in [1.29, 1.82) is 0 Å². The molecule has 6 heteroatoms. The molecule has 0 fully saturated rings. The van der Waals surface area contributed by atoms with Gasteiger partial charge < -0.3 is 9.47 Å². The number of azide groups is 1. The second-order valence-electron chi connectivity index (χ2n) is 2.14. The van der Waals surface area contributed by atoms with Gasteiger partial charge in [-0.2, -0.15) is 0 Å². The van der Waals surface area contributed by atoms with E-state index < -0.39 is 5.97 Å². The first kappa shape index (κ1) is 10.7. The van der Waals surface area contributed by atoms with E-state index in [2.05, 4.69) is 10.0 Å². The van der Waals surface area contributed by atoms with Gasteiger partial charge in [-0.3, -0.25) is 4.79 Å². The van der Waals surface area contributed by atoms with Crippen LogP contribution >= 0.6 is 0 Å². The number of methoxy groups -OCH3 is 1. The van der Waals surface area contributed by atoms with Gasteiger partial charge in [-0.1, -0.05) is 5.11 Å². The van der Waals surface area contributed by atoms with Gasteiger partial charge in [0.1, 0.15) is 12.6 Å². The minimum atomic E-state index is -0.544. The maximum absolute atomic E-state index is 10.7. The van der Waals surface area contributed by atoms with Crippen LogP contribution < -0.4 is 0 Å². The molecule has 0 aromatic carbocycles. The molecule has 0 bridgehead atoms. The molecule has 6 nitrogen and oxygen atoms in total. The summed E-state index contributed by atoms with van der Waals surface area (Å²) in [4.78, 5) is 13.2. The molecule has 0 radical (unpaired) electrons. The van der Waals surface area contributed by atoms with Crippen molar-refractivity contribution < 1.29 is 14.3 Å². The zero-order chi connectivity index (χ0) is 9.40. The van der Waals surface area contributed by atoms with Crippen molar-refractivity contribution in [2.75, 3.05) is 20.3 Å². The fourth-order valence-corrected chi connectivity index (χ4v) is 0.620. The zero-order valence-electron chi connectivity index (χ0n) is 7.06. The molecule has 0 saturated heterocycles. The molecular weight excluding hydrogens is 162 g/mol. The summed E-state index contributed by atoms with van der Waals surface area (Å²) in [6.07, 6.45) is -0.309. The van der Waals surface area contributed by atoms with Crippen molar-refractivity contribution >= 4 is 5.97 Å². The first-order valence-corrected chi connectivity index (χ1v) is 3.40. The maximum atomic E-state index is 10.7. The fourth-order valence-electron chi connectivity index (χ4n) is 0.620. The molecule has 0 aliphatic heterocycles. The second-order valence-corrected chi connectivity index (χ2v) is 2.14. The number of rotatable bonds is 5. The van der Waals surface area contributed by atoms with E-state index in [1.54, 1.807) is 6.92 Å². The molecule has 0 N–H and O–H groups in total. The van der Waals surface area contributed by atoms with E-state index >= 15 is 0 Å². The summed E-state index contributed by atoms with van der Waals surface area (Å²) in [5.41, 5.74) is 7.88. The molecule has 0 saturated carbocycles. The van der Waals surface area contributed by atoms with Gasteiger partial charge in [-0.15, -0.1) is 0 Å². The number of esters is 1. The van der Waals surface area contributed by atoms with E-state index in [0.717, 1.165) is 0 Å². The van der Waals surface area contributed by atoms with Gasteiger partial charge in [0.2, 0.25) is 0 Å². The second kappa shape index (κ2) is 6.45. The van der Waals surface area contributed by atoms with Gasteiger partial charge in [0.05, 0.1) is 6.61 Å². The predicted molar refractivity (Wildman–Crippen MR) is 41.4 cm³/mol. The Labute approximate surface area is 70.1 Å². The molecule has 0 rings (SSSR count). The fraction of sp³-hybridized carbons (Fsp3) is 0.833. The maximum Gasteiger partial charge on any atom is 0.312 e. The smallest absolute Gasteiger partial charge is 0.312 e. The normalized spacial score (nSPS) is 11.5. The first-order valence-electron chi connectivity index (χ1n) is 3.40. The monoisotopic (exact) mass is 173 g/mol. The third-order valence-electron chi connectivity index (χ3n) is 0.997. The van der Waals surface area contributed by atoms with E-state index in [1.165, 1.54) is 7.11 Å². The average molecular weight is 173 g/mol. The summed E-state index contributed by atoms with van der Waals surface area (Å²) in [6, 6.07) is 0. The Morgan fingerprint density at radius 1 is 1.75 bits per heavy atom. The van der Waals surface area contributed by atoms with E-state index in [4.69, 9.17) is 15.0 Å². The number of carbonyl (C=O) groups is 1. The van der Waals surface area contributed by atoms with Crippen molar-refractivity contribution in [2.24, 2.45) is 5.11 Å². The highest BCUT2D eigenvalue weighted by atomic mass is 16.6. The summed E-state index contributed by atoms with van der Waals surface area (Å²) in [5, 5.41) is 3.05. The van der Waals surface area contributed by atoms with Crippen LogP contribution in [0.15, 0.2) is 5.11 Å². The number of ether oxygens (including phenoxy) is 2. The van der Waals surface area contributed by atoms with Gasteiger partial charge >= 0.3 is 5.97 Å². The Balaban J connectivity index is 3.60. The number of nitrogens with zero attached hydrogens (tertiary/aromatic N) is 3. The molecular formula is C6H11N3O3. The molecule has 0 aliphatic rings. The minimum absolute atomic E-state index is 0.273. The quantitative estimate of drug-likeness (QED) is 0.267. The van der Waals surface area contributed by atoms with Gasteiger partial charge in [0.15, 0.2) is 0 Å². The molecule has 1 unspecified atom stereocenters. The van der Waals surface area contributed by atoms with Crippen LogP contribution in [0.1, 0.15) is 6.92 Å². The summed E-state index contributed by atoms with van der Waals surface area (Å²) >= 11 is 0. The van der Waals surface area contributed by atoms with Crippen LogP contribution in [0.2, 0.25) is 0 Å². The van der Waals surface area contributed by atoms with Crippen LogP contribution in [-0.4, -0.2) is 32.3 Å². The van der Waals surface area contributed by atoms with E-state index in [-0.39, 0.29) is 12.6 Å². The Bertz CT molecular complexity index is 188. The summed E-state index contributed by atoms with van der Waals surface area (Å²) in [7, 11) is 1.51. The Morgan fingerprint density at radius 2 is 2.42 bits per heavy atom. The number of hydrogen-bond donors (Lipinski definition) is 0. The lowest BCUT2D eigenvalue weighted by Gasteiger charge is -2.10. The third kappa shape index (κ3) is 5.52. The van der Waals surface area contributed by atoms with Crippen LogP contribution in [0.25, 0.3) is 10.4 Å². The van der Waals surface area contributed by atoms with Crippen molar-refractivity contribution in [3.63, 3.8) is 0 Å². The van der Waals surface area contributed by atoms with Gasteiger partial charge in [0, 0.05) is 12.0 Å². The van der Waals surface area contributed by atoms with Crippen molar-refractivity contribution in [3.8, 4) is 0 Å². The Kier molecular flexibility index (Phi) is 5.77. The molecule has 0 spiro atoms. The highest BCUT2D eigenvalue weighted by Crippen LogP contribution is 1.92. The van der Waals surface area contributed by atoms with Crippen LogP contribution in [0.4, 0.5) is 0 Å². The molecule has 0 aromatic heterocycles. The topological polar surface area (TPSA) is 84.3 Å².